The van der Waals surface area contributed by atoms with E-state index in [1.54, 1.807) is 0 Å². The van der Waals surface area contributed by atoms with Crippen molar-refractivity contribution in [2.45, 2.75) is 82.3 Å². The number of carbonyl (C=O) groups is 7. The Morgan fingerprint density at radius 1 is 0.745 bits per heavy atom. The number of thiol groups is 1. The summed E-state index contributed by atoms with van der Waals surface area (Å²) in [5.74, 6) is -4.67. The number of nitrogens with one attached hydrogen (secondary N) is 5. The van der Waals surface area contributed by atoms with Crippen molar-refractivity contribution < 1.29 is 48.9 Å². The number of rotatable bonds is 20. The molecular formula is C35H47N5O10S. The molecule has 1 aliphatic carbocycles. The molecule has 5 amide bonds. The van der Waals surface area contributed by atoms with E-state index in [-0.39, 0.29) is 61.6 Å². The highest BCUT2D eigenvalue weighted by molar-refractivity contribution is 7.81. The number of fused-ring (bicyclic) bond motifs is 1. The third kappa shape index (κ3) is 14.1. The van der Waals surface area contributed by atoms with Gasteiger partial charge in [0.2, 0.25) is 17.7 Å². The third-order valence-corrected chi connectivity index (χ3v) is 9.20. The number of urea groups is 1. The maximum Gasteiger partial charge on any atom is 0.326 e. The molecule has 1 saturated carbocycles. The lowest BCUT2D eigenvalue weighted by atomic mass is 9.81. The summed E-state index contributed by atoms with van der Waals surface area (Å²) in [5, 5.41) is 42.5. The van der Waals surface area contributed by atoms with Crippen molar-refractivity contribution in [3.8, 4) is 0 Å². The van der Waals surface area contributed by atoms with Crippen molar-refractivity contribution in [2.75, 3.05) is 18.8 Å². The number of hydrogen-bond donors (Lipinski definition) is 9. The Morgan fingerprint density at radius 2 is 1.39 bits per heavy atom. The van der Waals surface area contributed by atoms with E-state index in [4.69, 9.17) is 5.11 Å². The van der Waals surface area contributed by atoms with Gasteiger partial charge < -0.3 is 41.9 Å². The van der Waals surface area contributed by atoms with E-state index in [2.05, 4.69) is 39.2 Å². The molecule has 2 aromatic carbocycles. The largest absolute Gasteiger partial charge is 0.481 e. The highest BCUT2D eigenvalue weighted by atomic mass is 32.1. The molecule has 0 radical (unpaired) electrons. The molecule has 0 aliphatic heterocycles. The molecule has 2 aromatic rings. The van der Waals surface area contributed by atoms with Crippen LogP contribution in [0.2, 0.25) is 0 Å². The summed E-state index contributed by atoms with van der Waals surface area (Å²) in [4.78, 5) is 84.5. The van der Waals surface area contributed by atoms with Crippen molar-refractivity contribution >= 4 is 65.1 Å². The van der Waals surface area contributed by atoms with Gasteiger partial charge in [0, 0.05) is 31.8 Å². The molecule has 278 valence electrons. The Bertz CT molecular complexity index is 1550. The Labute approximate surface area is 301 Å². The van der Waals surface area contributed by atoms with Crippen LogP contribution in [-0.2, 0) is 35.2 Å². The molecular weight excluding hydrogens is 682 g/mol. The van der Waals surface area contributed by atoms with Gasteiger partial charge in [0.15, 0.2) is 0 Å². The van der Waals surface area contributed by atoms with Gasteiger partial charge in [-0.15, -0.1) is 0 Å². The molecule has 3 atom stereocenters. The van der Waals surface area contributed by atoms with E-state index in [1.807, 2.05) is 42.5 Å². The molecule has 1 aliphatic rings. The number of unbranched alkanes of at least 4 members (excludes halogenated alkanes) is 1. The number of hydrogen-bond acceptors (Lipinski definition) is 8. The molecule has 0 bridgehead atoms. The lowest BCUT2D eigenvalue weighted by molar-refractivity contribution is -0.141. The molecule has 0 heterocycles. The van der Waals surface area contributed by atoms with Crippen LogP contribution in [0.3, 0.4) is 0 Å². The van der Waals surface area contributed by atoms with Gasteiger partial charge in [-0.2, -0.15) is 12.6 Å². The molecule has 16 heteroatoms. The summed E-state index contributed by atoms with van der Waals surface area (Å²) < 4.78 is 0. The lowest BCUT2D eigenvalue weighted by Crippen LogP contribution is -2.51. The predicted octanol–water partition coefficient (Wildman–Crippen LogP) is 2.08. The lowest BCUT2D eigenvalue weighted by Gasteiger charge is -2.29. The van der Waals surface area contributed by atoms with Crippen LogP contribution in [0.5, 0.6) is 0 Å². The topological polar surface area (TPSA) is 240 Å². The van der Waals surface area contributed by atoms with Crippen molar-refractivity contribution in [3.05, 3.63) is 48.0 Å². The highest BCUT2D eigenvalue weighted by Gasteiger charge is 2.30. The third-order valence-electron chi connectivity index (χ3n) is 8.91. The molecule has 3 rings (SSSR count). The monoisotopic (exact) mass is 729 g/mol. The standard InChI is InChI=1S/C35H47N5O10S/c41-29(20-51)37-19-21-8-12-24(13-9-21)31(44)38-28(18-22-10-11-23-5-1-2-6-25(23)17-22)32(45)36-16-4-3-7-26(33(46)47)39-35(50)40-27(34(48)49)14-15-30(42)43/h1-2,5-6,10-11,17,21,24,26-28,51H,3-4,7-9,12-16,18-20H2,(H,36,45)(H,37,41)(H,38,44)(H,42,43)(H,46,47)(H,48,49)(H2,39,40,50)/t21?,24?,26?,27-,28?/m0/s1. The number of carbonyl (C=O) groups excluding carboxylic acids is 4. The van der Waals surface area contributed by atoms with Crippen molar-refractivity contribution in [1.29, 1.82) is 0 Å². The van der Waals surface area contributed by atoms with Crippen molar-refractivity contribution in [3.63, 3.8) is 0 Å². The van der Waals surface area contributed by atoms with Gasteiger partial charge in [-0.3, -0.25) is 19.2 Å². The van der Waals surface area contributed by atoms with Crippen LogP contribution in [0.4, 0.5) is 4.79 Å². The maximum absolute atomic E-state index is 13.4. The van der Waals surface area contributed by atoms with Gasteiger partial charge in [0.25, 0.3) is 0 Å². The molecule has 0 saturated heterocycles. The van der Waals surface area contributed by atoms with Crippen LogP contribution in [0.15, 0.2) is 42.5 Å². The number of aliphatic carboxylic acids is 3. The van der Waals surface area contributed by atoms with Crippen LogP contribution in [-0.4, -0.2) is 93.9 Å². The first-order valence-corrected chi connectivity index (χ1v) is 17.7. The Morgan fingerprint density at radius 3 is 2.02 bits per heavy atom. The van der Waals surface area contributed by atoms with E-state index >= 15 is 0 Å². The van der Waals surface area contributed by atoms with Gasteiger partial charge in [0.05, 0.1) is 5.75 Å². The van der Waals surface area contributed by atoms with Crippen molar-refractivity contribution in [1.82, 2.24) is 26.6 Å². The summed E-state index contributed by atoms with van der Waals surface area (Å²) in [6, 6.07) is 8.86. The summed E-state index contributed by atoms with van der Waals surface area (Å²) in [5.41, 5.74) is 0.861. The fourth-order valence-electron chi connectivity index (χ4n) is 5.99. The van der Waals surface area contributed by atoms with Crippen LogP contribution < -0.4 is 26.6 Å². The molecule has 1 fully saturated rings. The number of benzene rings is 2. The molecule has 15 nitrogen and oxygen atoms in total. The summed E-state index contributed by atoms with van der Waals surface area (Å²) in [7, 11) is 0. The zero-order valence-corrected chi connectivity index (χ0v) is 29.2. The maximum atomic E-state index is 13.4. The second-order valence-corrected chi connectivity index (χ2v) is 13.1. The first kappa shape index (κ1) is 40.6. The second kappa shape index (κ2) is 20.7. The Hall–Kier alpha value is -4.86. The normalized spacial score (nSPS) is 17.3. The number of amides is 5. The first-order valence-electron chi connectivity index (χ1n) is 17.0. The summed E-state index contributed by atoms with van der Waals surface area (Å²) >= 11 is 3.97. The molecule has 2 unspecified atom stereocenters. The minimum Gasteiger partial charge on any atom is -0.481 e. The first-order chi connectivity index (χ1) is 24.4. The van der Waals surface area contributed by atoms with E-state index in [0.29, 0.717) is 25.8 Å². The van der Waals surface area contributed by atoms with Crippen LogP contribution in [0.25, 0.3) is 10.8 Å². The van der Waals surface area contributed by atoms with Gasteiger partial charge in [-0.1, -0.05) is 42.5 Å². The minimum atomic E-state index is -1.51. The van der Waals surface area contributed by atoms with Crippen LogP contribution in [0, 0.1) is 11.8 Å². The van der Waals surface area contributed by atoms with E-state index in [1.165, 1.54) is 0 Å². The predicted molar refractivity (Wildman–Crippen MR) is 190 cm³/mol. The Balaban J connectivity index is 1.55. The second-order valence-electron chi connectivity index (χ2n) is 12.7. The van der Waals surface area contributed by atoms with E-state index in [9.17, 15) is 43.8 Å². The van der Waals surface area contributed by atoms with Crippen molar-refractivity contribution in [2.24, 2.45) is 11.8 Å². The van der Waals surface area contributed by atoms with E-state index in [0.717, 1.165) is 29.2 Å². The van der Waals surface area contributed by atoms with Gasteiger partial charge in [-0.05, 0) is 73.6 Å². The molecule has 51 heavy (non-hydrogen) atoms. The smallest absolute Gasteiger partial charge is 0.326 e. The van der Waals surface area contributed by atoms with Crippen LogP contribution >= 0.6 is 12.6 Å². The zero-order chi connectivity index (χ0) is 37.3. The average Bonchev–Trinajstić information content (AvgIpc) is 3.11. The van der Waals surface area contributed by atoms with Crippen LogP contribution in [0.1, 0.15) is 63.4 Å². The SMILES string of the molecule is O=C(O)CC[C@H](NC(=O)NC(CCCCNC(=O)C(Cc1ccc2ccccc2c1)NC(=O)C1CCC(CNC(=O)CS)CC1)C(=O)O)C(=O)O. The number of carboxylic acids is 3. The zero-order valence-electron chi connectivity index (χ0n) is 28.3. The summed E-state index contributed by atoms with van der Waals surface area (Å²) in [6.45, 7) is 0.706. The quantitative estimate of drug-likeness (QED) is 0.0710. The van der Waals surface area contributed by atoms with Gasteiger partial charge >= 0.3 is 23.9 Å². The summed E-state index contributed by atoms with van der Waals surface area (Å²) in [6.07, 6.45) is 2.77. The average molecular weight is 730 g/mol. The Kier molecular flexibility index (Phi) is 16.5. The van der Waals surface area contributed by atoms with E-state index < -0.39 is 54.4 Å². The molecule has 0 spiro atoms. The fourth-order valence-corrected chi connectivity index (χ4v) is 6.10. The molecule has 0 aromatic heterocycles. The van der Waals surface area contributed by atoms with Gasteiger partial charge in [0.1, 0.15) is 18.1 Å². The molecule has 8 N–H and O–H groups in total. The highest BCUT2D eigenvalue weighted by Crippen LogP contribution is 2.29. The fraction of sp³-hybridized carbons (Fsp3) is 0.514. The van der Waals surface area contributed by atoms with Gasteiger partial charge in [-0.25, -0.2) is 14.4 Å². The number of carboxylic acid groups (broad SMARTS) is 3. The minimum absolute atomic E-state index is 0.0241.